The number of rotatable bonds is 3. The van der Waals surface area contributed by atoms with E-state index in [-0.39, 0.29) is 30.5 Å². The number of benzene rings is 1. The van der Waals surface area contributed by atoms with Gasteiger partial charge in [0.15, 0.2) is 0 Å². The Kier molecular flexibility index (Phi) is 4.45. The molecular weight excluding hydrogens is 374 g/mol. The van der Waals surface area contributed by atoms with Gasteiger partial charge in [0.05, 0.1) is 0 Å². The van der Waals surface area contributed by atoms with Crippen LogP contribution in [0.3, 0.4) is 0 Å². The minimum Gasteiger partial charge on any atom is -0.480 e. The third-order valence-electron chi connectivity index (χ3n) is 4.31. The number of carbonyl (C=O) groups is 2. The van der Waals surface area contributed by atoms with Crippen LogP contribution in [-0.4, -0.2) is 38.1 Å². The molecular formula is C17H18BrN3O3. The van der Waals surface area contributed by atoms with Crippen LogP contribution < -0.4 is 0 Å². The van der Waals surface area contributed by atoms with Gasteiger partial charge in [0.2, 0.25) is 0 Å². The zero-order valence-corrected chi connectivity index (χ0v) is 15.0. The molecule has 1 aromatic heterocycles. The van der Waals surface area contributed by atoms with Crippen molar-refractivity contribution in [3.8, 4) is 0 Å². The molecule has 0 radical (unpaired) electrons. The van der Waals surface area contributed by atoms with E-state index in [0.29, 0.717) is 0 Å². The molecule has 2 aromatic rings. The molecule has 0 saturated carbocycles. The Morgan fingerprint density at radius 2 is 2.17 bits per heavy atom. The van der Waals surface area contributed by atoms with Crippen molar-refractivity contribution in [2.45, 2.75) is 38.8 Å². The molecule has 3 rings (SSSR count). The van der Waals surface area contributed by atoms with Crippen LogP contribution in [0.4, 0.5) is 0 Å². The minimum atomic E-state index is -1.01. The lowest BCUT2D eigenvalue weighted by Gasteiger charge is -2.34. The summed E-state index contributed by atoms with van der Waals surface area (Å²) in [7, 11) is 0. The number of carboxylic acids is 1. The van der Waals surface area contributed by atoms with E-state index in [1.165, 1.54) is 4.90 Å². The zero-order valence-electron chi connectivity index (χ0n) is 13.4. The molecule has 1 aromatic carbocycles. The summed E-state index contributed by atoms with van der Waals surface area (Å²) in [6.07, 6.45) is 0.277. The first kappa shape index (κ1) is 16.7. The monoisotopic (exact) mass is 391 g/mol. The molecule has 1 amide bonds. The average Bonchev–Trinajstić information content (AvgIpc) is 3.03. The first-order chi connectivity index (χ1) is 11.4. The minimum absolute atomic E-state index is 0.215. The number of carboxylic acid groups (broad SMARTS) is 1. The fourth-order valence-electron chi connectivity index (χ4n) is 2.90. The summed E-state index contributed by atoms with van der Waals surface area (Å²) in [5.74, 6) is -1.16. The largest absolute Gasteiger partial charge is 0.480 e. The average molecular weight is 392 g/mol. The summed E-state index contributed by atoms with van der Waals surface area (Å²) < 4.78 is 0.875. The maximum absolute atomic E-state index is 12.8. The summed E-state index contributed by atoms with van der Waals surface area (Å²) in [5.41, 5.74) is 3.00. The van der Waals surface area contributed by atoms with E-state index in [1.807, 2.05) is 32.0 Å². The van der Waals surface area contributed by atoms with Gasteiger partial charge in [-0.15, -0.1) is 0 Å². The van der Waals surface area contributed by atoms with Crippen molar-refractivity contribution in [1.82, 2.24) is 15.1 Å². The van der Waals surface area contributed by atoms with Gasteiger partial charge in [0.25, 0.3) is 5.91 Å². The van der Waals surface area contributed by atoms with Crippen LogP contribution in [0.5, 0.6) is 0 Å². The van der Waals surface area contributed by atoms with Crippen molar-refractivity contribution < 1.29 is 14.7 Å². The van der Waals surface area contributed by atoms with Gasteiger partial charge in [-0.2, -0.15) is 5.10 Å². The van der Waals surface area contributed by atoms with Gasteiger partial charge >= 0.3 is 5.97 Å². The Labute approximate surface area is 148 Å². The van der Waals surface area contributed by atoms with Crippen molar-refractivity contribution in [3.05, 3.63) is 51.3 Å². The number of aliphatic carboxylic acids is 1. The highest BCUT2D eigenvalue weighted by molar-refractivity contribution is 9.10. The molecule has 0 spiro atoms. The third kappa shape index (κ3) is 2.96. The maximum atomic E-state index is 12.8. The van der Waals surface area contributed by atoms with Crippen LogP contribution in [0.1, 0.15) is 47.1 Å². The van der Waals surface area contributed by atoms with Crippen molar-refractivity contribution in [2.75, 3.05) is 0 Å². The second kappa shape index (κ2) is 6.39. The van der Waals surface area contributed by atoms with Gasteiger partial charge in [-0.3, -0.25) is 9.89 Å². The molecule has 126 valence electrons. The van der Waals surface area contributed by atoms with E-state index in [2.05, 4.69) is 26.1 Å². The highest BCUT2D eigenvalue weighted by atomic mass is 79.9. The number of fused-ring (bicyclic) bond motifs is 1. The Morgan fingerprint density at radius 3 is 2.79 bits per heavy atom. The SMILES string of the molecule is CC(C)c1cc(C(=O)N2Cc3cccc(Br)c3CC2C(=O)O)n[nH]1. The summed E-state index contributed by atoms with van der Waals surface area (Å²) >= 11 is 3.47. The lowest BCUT2D eigenvalue weighted by molar-refractivity contribution is -0.142. The standard InChI is InChI=1S/C17H18BrN3O3/c1-9(2)13-7-14(20-19-13)16(22)21-8-10-4-3-5-12(18)11(10)6-15(21)17(23)24/h3-5,7,9,15H,6,8H2,1-2H3,(H,19,20)(H,23,24). The lowest BCUT2D eigenvalue weighted by atomic mass is 9.93. The second-order valence-corrected chi connectivity index (χ2v) is 7.09. The molecule has 2 N–H and O–H groups in total. The highest BCUT2D eigenvalue weighted by Gasteiger charge is 2.36. The molecule has 1 aliphatic rings. The molecule has 0 fully saturated rings. The van der Waals surface area contributed by atoms with E-state index < -0.39 is 12.0 Å². The predicted octanol–water partition coefficient (Wildman–Crippen LogP) is 2.95. The molecule has 2 heterocycles. The summed E-state index contributed by atoms with van der Waals surface area (Å²) in [5, 5.41) is 16.5. The van der Waals surface area contributed by atoms with Crippen LogP contribution in [-0.2, 0) is 17.8 Å². The molecule has 7 heteroatoms. The van der Waals surface area contributed by atoms with Gasteiger partial charge in [0.1, 0.15) is 11.7 Å². The number of nitrogens with zero attached hydrogens (tertiary/aromatic N) is 2. The van der Waals surface area contributed by atoms with Gasteiger partial charge in [0, 0.05) is 23.1 Å². The summed E-state index contributed by atoms with van der Waals surface area (Å²) in [4.78, 5) is 25.9. The highest BCUT2D eigenvalue weighted by Crippen LogP contribution is 2.30. The molecule has 1 unspecified atom stereocenters. The molecule has 1 atom stereocenters. The molecule has 0 saturated heterocycles. The number of hydrogen-bond acceptors (Lipinski definition) is 3. The maximum Gasteiger partial charge on any atom is 0.326 e. The van der Waals surface area contributed by atoms with Gasteiger partial charge < -0.3 is 10.0 Å². The summed E-state index contributed by atoms with van der Waals surface area (Å²) in [6.45, 7) is 4.25. The van der Waals surface area contributed by atoms with E-state index in [1.54, 1.807) is 6.07 Å². The Hall–Kier alpha value is -2.15. The number of amides is 1. The molecule has 6 nitrogen and oxygen atoms in total. The normalized spacial score (nSPS) is 17.0. The zero-order chi connectivity index (χ0) is 17.4. The predicted molar refractivity (Wildman–Crippen MR) is 91.8 cm³/mol. The number of aromatic nitrogens is 2. The third-order valence-corrected chi connectivity index (χ3v) is 5.06. The van der Waals surface area contributed by atoms with Crippen molar-refractivity contribution in [1.29, 1.82) is 0 Å². The Morgan fingerprint density at radius 1 is 1.42 bits per heavy atom. The number of halogens is 1. The lowest BCUT2D eigenvalue weighted by Crippen LogP contribution is -2.48. The Bertz CT molecular complexity index is 800. The van der Waals surface area contributed by atoms with Crippen LogP contribution in [0.15, 0.2) is 28.7 Å². The van der Waals surface area contributed by atoms with E-state index in [4.69, 9.17) is 0 Å². The smallest absolute Gasteiger partial charge is 0.326 e. The van der Waals surface area contributed by atoms with Gasteiger partial charge in [-0.25, -0.2) is 4.79 Å². The number of nitrogens with one attached hydrogen (secondary N) is 1. The van der Waals surface area contributed by atoms with Gasteiger partial charge in [-0.05, 0) is 29.2 Å². The number of hydrogen-bond donors (Lipinski definition) is 2. The van der Waals surface area contributed by atoms with Crippen molar-refractivity contribution in [2.24, 2.45) is 0 Å². The fourth-order valence-corrected chi connectivity index (χ4v) is 3.47. The first-order valence-electron chi connectivity index (χ1n) is 7.73. The molecule has 0 bridgehead atoms. The van der Waals surface area contributed by atoms with Crippen LogP contribution in [0.2, 0.25) is 0 Å². The quantitative estimate of drug-likeness (QED) is 0.841. The van der Waals surface area contributed by atoms with E-state index >= 15 is 0 Å². The number of carbonyl (C=O) groups excluding carboxylic acids is 1. The number of H-pyrrole nitrogens is 1. The van der Waals surface area contributed by atoms with E-state index in [9.17, 15) is 14.7 Å². The molecule has 24 heavy (non-hydrogen) atoms. The van der Waals surface area contributed by atoms with E-state index in [0.717, 1.165) is 21.3 Å². The molecule has 0 aliphatic carbocycles. The Balaban J connectivity index is 1.95. The van der Waals surface area contributed by atoms with Crippen LogP contribution in [0.25, 0.3) is 0 Å². The summed E-state index contributed by atoms with van der Waals surface area (Å²) in [6, 6.07) is 6.49. The first-order valence-corrected chi connectivity index (χ1v) is 8.53. The van der Waals surface area contributed by atoms with Crippen molar-refractivity contribution >= 4 is 27.8 Å². The molecule has 1 aliphatic heterocycles. The number of aromatic amines is 1. The fraction of sp³-hybridized carbons (Fsp3) is 0.353. The second-order valence-electron chi connectivity index (χ2n) is 6.23. The van der Waals surface area contributed by atoms with Crippen LogP contribution in [0, 0.1) is 0 Å². The van der Waals surface area contributed by atoms with Gasteiger partial charge in [-0.1, -0.05) is 41.9 Å². The van der Waals surface area contributed by atoms with Crippen molar-refractivity contribution in [3.63, 3.8) is 0 Å². The van der Waals surface area contributed by atoms with Crippen LogP contribution >= 0.6 is 15.9 Å². The topological polar surface area (TPSA) is 86.3 Å².